The van der Waals surface area contributed by atoms with Crippen molar-refractivity contribution in [3.8, 4) is 0 Å². The molecule has 0 spiro atoms. The van der Waals surface area contributed by atoms with Gasteiger partial charge in [0, 0.05) is 5.92 Å². The molecule has 29 heavy (non-hydrogen) atoms. The van der Waals surface area contributed by atoms with Crippen LogP contribution in [0.4, 0.5) is 0 Å². The number of ether oxygens (including phenoxy) is 4. The highest BCUT2D eigenvalue weighted by Crippen LogP contribution is 2.49. The summed E-state index contributed by atoms with van der Waals surface area (Å²) < 4.78 is 20.8. The summed E-state index contributed by atoms with van der Waals surface area (Å²) >= 11 is 0. The van der Waals surface area contributed by atoms with E-state index in [1.165, 1.54) is 6.92 Å². The number of carbonyl (C=O) groups excluding carboxylic acids is 1. The minimum Gasteiger partial charge on any atom is -0.471 e. The summed E-state index contributed by atoms with van der Waals surface area (Å²) in [6.45, 7) is 0.544. The Labute approximate surface area is 165 Å². The number of aliphatic hydroxyl groups is 7. The van der Waals surface area contributed by atoms with Gasteiger partial charge in [-0.15, -0.1) is 0 Å². The van der Waals surface area contributed by atoms with Gasteiger partial charge in [-0.25, -0.2) is 4.79 Å². The average molecular weight is 422 g/mol. The molecule has 0 aromatic carbocycles. The highest BCUT2D eigenvalue weighted by atomic mass is 16.8. The van der Waals surface area contributed by atoms with Crippen LogP contribution in [0.3, 0.4) is 0 Å². The molecule has 0 amide bonds. The number of rotatable bonds is 4. The van der Waals surface area contributed by atoms with E-state index in [4.69, 9.17) is 14.2 Å². The normalized spacial score (nSPS) is 49.8. The lowest BCUT2D eigenvalue weighted by atomic mass is 9.80. The van der Waals surface area contributed by atoms with Crippen molar-refractivity contribution < 1.29 is 59.5 Å². The van der Waals surface area contributed by atoms with Gasteiger partial charge in [-0.2, -0.15) is 0 Å². The van der Waals surface area contributed by atoms with Crippen LogP contribution in [-0.2, 0) is 23.7 Å². The minimum absolute atomic E-state index is 0.129. The van der Waals surface area contributed by atoms with Crippen molar-refractivity contribution in [1.82, 2.24) is 0 Å². The Morgan fingerprint density at radius 1 is 1.10 bits per heavy atom. The molecule has 1 saturated carbocycles. The lowest BCUT2D eigenvalue weighted by molar-refractivity contribution is -0.347. The highest BCUT2D eigenvalue weighted by Gasteiger charge is 2.64. The van der Waals surface area contributed by atoms with E-state index in [0.29, 0.717) is 0 Å². The molecule has 0 bridgehead atoms. The van der Waals surface area contributed by atoms with Gasteiger partial charge in [0.25, 0.3) is 0 Å². The van der Waals surface area contributed by atoms with Gasteiger partial charge in [-0.05, 0) is 6.92 Å². The molecule has 2 fully saturated rings. The van der Waals surface area contributed by atoms with Crippen molar-refractivity contribution in [1.29, 1.82) is 0 Å². The molecular weight excluding hydrogens is 396 g/mol. The quantitative estimate of drug-likeness (QED) is 0.217. The van der Waals surface area contributed by atoms with Crippen LogP contribution < -0.4 is 0 Å². The number of esters is 1. The fraction of sp³-hybridized carbons (Fsp3) is 0.824. The summed E-state index contributed by atoms with van der Waals surface area (Å²) in [5, 5.41) is 70.7. The summed E-state index contributed by atoms with van der Waals surface area (Å²) in [6, 6.07) is 0. The minimum atomic E-state index is -1.98. The van der Waals surface area contributed by atoms with Gasteiger partial charge >= 0.3 is 5.97 Å². The van der Waals surface area contributed by atoms with Crippen LogP contribution >= 0.6 is 0 Å². The number of hydrogen-bond donors (Lipinski definition) is 7. The van der Waals surface area contributed by atoms with Gasteiger partial charge in [0.2, 0.25) is 6.29 Å². The molecule has 0 aromatic rings. The molecule has 7 N–H and O–H groups in total. The first-order chi connectivity index (χ1) is 13.6. The molecule has 2 heterocycles. The monoisotopic (exact) mass is 422 g/mol. The number of carbonyl (C=O) groups is 1. The molecule has 0 unspecified atom stereocenters. The molecule has 3 aliphatic rings. The Morgan fingerprint density at radius 2 is 1.76 bits per heavy atom. The second kappa shape index (κ2) is 8.06. The fourth-order valence-corrected chi connectivity index (χ4v) is 4.17. The topological polar surface area (TPSA) is 196 Å². The Morgan fingerprint density at radius 3 is 2.34 bits per heavy atom. The van der Waals surface area contributed by atoms with Crippen molar-refractivity contribution in [2.75, 3.05) is 13.7 Å². The van der Waals surface area contributed by atoms with Crippen LogP contribution in [-0.4, -0.2) is 110 Å². The zero-order chi connectivity index (χ0) is 21.7. The third kappa shape index (κ3) is 3.54. The fourth-order valence-electron chi connectivity index (χ4n) is 4.17. The second-order valence-corrected chi connectivity index (χ2v) is 7.62. The van der Waals surface area contributed by atoms with Gasteiger partial charge in [0.05, 0.1) is 43.2 Å². The second-order valence-electron chi connectivity index (χ2n) is 7.62. The summed E-state index contributed by atoms with van der Waals surface area (Å²) in [5.41, 5.74) is -2.10. The smallest absolute Gasteiger partial charge is 0.337 e. The number of fused-ring (bicyclic) bond motifs is 1. The van der Waals surface area contributed by atoms with Gasteiger partial charge in [-0.1, -0.05) is 0 Å². The summed E-state index contributed by atoms with van der Waals surface area (Å²) in [4.78, 5) is 12.0. The predicted molar refractivity (Wildman–Crippen MR) is 89.4 cm³/mol. The Balaban J connectivity index is 1.90. The summed E-state index contributed by atoms with van der Waals surface area (Å²) in [6.07, 6.45) is -11.5. The predicted octanol–water partition coefficient (Wildman–Crippen LogP) is -4.07. The van der Waals surface area contributed by atoms with Crippen LogP contribution in [0.5, 0.6) is 0 Å². The Kier molecular flexibility index (Phi) is 6.21. The molecule has 166 valence electrons. The maximum Gasteiger partial charge on any atom is 0.337 e. The first-order valence-electron chi connectivity index (χ1n) is 9.04. The maximum absolute atomic E-state index is 12.0. The van der Waals surface area contributed by atoms with Crippen molar-refractivity contribution in [2.45, 2.75) is 61.7 Å². The van der Waals surface area contributed by atoms with E-state index >= 15 is 0 Å². The van der Waals surface area contributed by atoms with E-state index in [-0.39, 0.29) is 5.57 Å². The maximum atomic E-state index is 12.0. The van der Waals surface area contributed by atoms with Crippen LogP contribution in [0.2, 0.25) is 0 Å². The summed E-state index contributed by atoms with van der Waals surface area (Å²) in [5.74, 6) is -3.16. The molecule has 12 heteroatoms. The van der Waals surface area contributed by atoms with Crippen LogP contribution in [0, 0.1) is 11.8 Å². The van der Waals surface area contributed by atoms with Gasteiger partial charge in [-0.3, -0.25) is 0 Å². The zero-order valence-corrected chi connectivity index (χ0v) is 15.7. The van der Waals surface area contributed by atoms with Crippen LogP contribution in [0.1, 0.15) is 6.92 Å². The number of aliphatic hydroxyl groups excluding tert-OH is 6. The highest BCUT2D eigenvalue weighted by molar-refractivity contribution is 5.89. The van der Waals surface area contributed by atoms with E-state index < -0.39 is 79.2 Å². The summed E-state index contributed by atoms with van der Waals surface area (Å²) in [7, 11) is 1.12. The van der Waals surface area contributed by atoms with Gasteiger partial charge in [0.1, 0.15) is 30.5 Å². The third-order valence-electron chi connectivity index (χ3n) is 5.87. The zero-order valence-electron chi connectivity index (χ0n) is 15.7. The lowest BCUT2D eigenvalue weighted by Gasteiger charge is -2.44. The van der Waals surface area contributed by atoms with Gasteiger partial charge < -0.3 is 54.7 Å². The van der Waals surface area contributed by atoms with E-state index in [2.05, 4.69) is 4.74 Å². The third-order valence-corrected chi connectivity index (χ3v) is 5.87. The molecule has 0 aromatic heterocycles. The van der Waals surface area contributed by atoms with Gasteiger partial charge in [0.15, 0.2) is 6.29 Å². The Bertz CT molecular complexity index is 648. The molecule has 2 aliphatic heterocycles. The average Bonchev–Trinajstić information content (AvgIpc) is 2.88. The SMILES string of the molecule is COC(=O)C1=CO[C@@H](O[C@@H]2O[C@H](CO)[C@@H](O)[C@H](O)[C@H]2O)[C@H]2[C@@H]1[C@H](O)[C@H](O)[C@@]2(C)O. The molecule has 11 atom stereocenters. The van der Waals surface area contributed by atoms with E-state index in [9.17, 15) is 40.5 Å². The van der Waals surface area contributed by atoms with Crippen molar-refractivity contribution >= 4 is 5.97 Å². The molecule has 1 aliphatic carbocycles. The lowest BCUT2D eigenvalue weighted by Crippen LogP contribution is -2.61. The molecule has 12 nitrogen and oxygen atoms in total. The van der Waals surface area contributed by atoms with E-state index in [1.54, 1.807) is 0 Å². The first kappa shape index (κ1) is 22.3. The first-order valence-corrected chi connectivity index (χ1v) is 9.04. The standard InChI is InChI=1S/C17H26O12/c1-17(25)8-7(10(20)13(17)23)5(14(24)26-2)4-27-15(8)29-16-12(22)11(21)9(19)6(3-18)28-16/h4,6-13,15-16,18-23,25H,3H2,1-2H3/t6-,7-,8-,9-,10+,11+,12-,13+,15+,16+,17+/m1/s1. The number of methoxy groups -OCH3 is 1. The molecule has 3 rings (SSSR count). The van der Waals surface area contributed by atoms with Crippen molar-refractivity contribution in [3.63, 3.8) is 0 Å². The van der Waals surface area contributed by atoms with Crippen LogP contribution in [0.25, 0.3) is 0 Å². The Hall–Kier alpha value is -1.35. The molecule has 1 saturated heterocycles. The molecule has 0 radical (unpaired) electrons. The van der Waals surface area contributed by atoms with Crippen molar-refractivity contribution in [2.24, 2.45) is 11.8 Å². The van der Waals surface area contributed by atoms with Crippen LogP contribution in [0.15, 0.2) is 11.8 Å². The van der Waals surface area contributed by atoms with E-state index in [1.807, 2.05) is 0 Å². The van der Waals surface area contributed by atoms with E-state index in [0.717, 1.165) is 13.4 Å². The molecular formula is C17H26O12. The van der Waals surface area contributed by atoms with Crippen molar-refractivity contribution in [3.05, 3.63) is 11.8 Å². The number of hydrogen-bond acceptors (Lipinski definition) is 12. The largest absolute Gasteiger partial charge is 0.471 e.